The number of amides is 1. The molecule has 150 valence electrons. The lowest BCUT2D eigenvalue weighted by atomic mass is 10.1. The number of carbonyl (C=O) groups excluding carboxylic acids is 1. The highest BCUT2D eigenvalue weighted by molar-refractivity contribution is 6.00. The van der Waals surface area contributed by atoms with Crippen LogP contribution in [0.4, 0.5) is 8.78 Å². The van der Waals surface area contributed by atoms with Crippen LogP contribution in [-0.2, 0) is 5.92 Å². The van der Waals surface area contributed by atoms with Gasteiger partial charge in [-0.15, -0.1) is 0 Å². The number of nitrogens with two attached hydrogens (primary N) is 1. The minimum absolute atomic E-state index is 0.0257. The summed E-state index contributed by atoms with van der Waals surface area (Å²) in [6.07, 6.45) is 0.820. The molecular weight excluding hydrogens is 374 g/mol. The van der Waals surface area contributed by atoms with Crippen LogP contribution in [0.5, 0.6) is 11.5 Å². The molecular formula is C23H22F2N2O2. The Labute approximate surface area is 167 Å². The van der Waals surface area contributed by atoms with Crippen molar-refractivity contribution >= 4 is 16.7 Å². The Kier molecular flexibility index (Phi) is 4.96. The maximum Gasteiger partial charge on any atom is 0.270 e. The topological polar surface area (TPSA) is 55.6 Å². The Balaban J connectivity index is 1.59. The molecule has 0 saturated carbocycles. The van der Waals surface area contributed by atoms with Crippen molar-refractivity contribution < 1.29 is 18.3 Å². The van der Waals surface area contributed by atoms with E-state index in [1.54, 1.807) is 11.0 Å². The number of halogens is 2. The van der Waals surface area contributed by atoms with Crippen molar-refractivity contribution in [2.75, 3.05) is 13.1 Å². The monoisotopic (exact) mass is 396 g/mol. The van der Waals surface area contributed by atoms with E-state index in [9.17, 15) is 13.6 Å². The molecule has 0 aromatic heterocycles. The summed E-state index contributed by atoms with van der Waals surface area (Å²) in [6, 6.07) is 16.8. The third-order valence-electron chi connectivity index (χ3n) is 5.19. The lowest BCUT2D eigenvalue weighted by Crippen LogP contribution is -2.31. The van der Waals surface area contributed by atoms with Crippen molar-refractivity contribution in [1.29, 1.82) is 0 Å². The minimum Gasteiger partial charge on any atom is -0.457 e. The molecule has 1 amide bonds. The molecule has 29 heavy (non-hydrogen) atoms. The van der Waals surface area contributed by atoms with E-state index in [1.807, 2.05) is 30.3 Å². The van der Waals surface area contributed by atoms with Crippen molar-refractivity contribution in [3.05, 3.63) is 71.8 Å². The highest BCUT2D eigenvalue weighted by atomic mass is 19.3. The van der Waals surface area contributed by atoms with Crippen LogP contribution in [0.25, 0.3) is 10.8 Å². The Hall–Kier alpha value is -2.99. The van der Waals surface area contributed by atoms with E-state index in [1.165, 1.54) is 24.3 Å². The summed E-state index contributed by atoms with van der Waals surface area (Å²) < 4.78 is 32.7. The van der Waals surface area contributed by atoms with Gasteiger partial charge in [0.1, 0.15) is 11.5 Å². The van der Waals surface area contributed by atoms with Gasteiger partial charge in [-0.3, -0.25) is 4.79 Å². The van der Waals surface area contributed by atoms with Crippen LogP contribution in [0.1, 0.15) is 29.3 Å². The largest absolute Gasteiger partial charge is 0.457 e. The average molecular weight is 396 g/mol. The predicted molar refractivity (Wildman–Crippen MR) is 109 cm³/mol. The van der Waals surface area contributed by atoms with Gasteiger partial charge in [-0.2, -0.15) is 0 Å². The Morgan fingerprint density at radius 3 is 2.55 bits per heavy atom. The van der Waals surface area contributed by atoms with Crippen LogP contribution in [-0.4, -0.2) is 29.9 Å². The summed E-state index contributed by atoms with van der Waals surface area (Å²) in [5.41, 5.74) is 6.45. The number of hydrogen-bond acceptors (Lipinski definition) is 3. The van der Waals surface area contributed by atoms with Crippen LogP contribution in [0.3, 0.4) is 0 Å². The molecule has 0 bridgehead atoms. The maximum atomic E-state index is 13.4. The fourth-order valence-electron chi connectivity index (χ4n) is 3.57. The van der Waals surface area contributed by atoms with Gasteiger partial charge in [-0.05, 0) is 60.3 Å². The molecule has 1 atom stereocenters. The van der Waals surface area contributed by atoms with E-state index in [2.05, 4.69) is 0 Å². The van der Waals surface area contributed by atoms with Gasteiger partial charge in [0.2, 0.25) is 0 Å². The van der Waals surface area contributed by atoms with Gasteiger partial charge < -0.3 is 15.4 Å². The number of alkyl halides is 2. The van der Waals surface area contributed by atoms with Gasteiger partial charge in [0, 0.05) is 42.6 Å². The molecule has 0 spiro atoms. The summed E-state index contributed by atoms with van der Waals surface area (Å²) in [7, 11) is 0. The van der Waals surface area contributed by atoms with E-state index in [-0.39, 0.29) is 17.5 Å². The molecule has 0 radical (unpaired) electrons. The first-order valence-electron chi connectivity index (χ1n) is 9.55. The summed E-state index contributed by atoms with van der Waals surface area (Å²) >= 11 is 0. The molecule has 3 aromatic rings. The average Bonchev–Trinajstić information content (AvgIpc) is 3.13. The molecule has 1 unspecified atom stereocenters. The van der Waals surface area contributed by atoms with Crippen molar-refractivity contribution in [3.8, 4) is 11.5 Å². The summed E-state index contributed by atoms with van der Waals surface area (Å²) in [4.78, 5) is 14.5. The van der Waals surface area contributed by atoms with E-state index in [0.29, 0.717) is 30.2 Å². The lowest BCUT2D eigenvalue weighted by molar-refractivity contribution is 0.0174. The first-order chi connectivity index (χ1) is 13.8. The fraction of sp³-hybridized carbons (Fsp3) is 0.261. The molecule has 0 aliphatic carbocycles. The normalized spacial score (nSPS) is 17.0. The highest BCUT2D eigenvalue weighted by Crippen LogP contribution is 2.33. The van der Waals surface area contributed by atoms with Crippen molar-refractivity contribution in [2.45, 2.75) is 25.3 Å². The number of carbonyl (C=O) groups is 1. The van der Waals surface area contributed by atoms with Gasteiger partial charge in [-0.1, -0.05) is 12.1 Å². The molecule has 1 fully saturated rings. The zero-order valence-electron chi connectivity index (χ0n) is 16.1. The summed E-state index contributed by atoms with van der Waals surface area (Å²) in [5, 5.41) is 1.71. The standard InChI is InChI=1S/C23H22F2N2O2/c1-23(24,25)17-6-8-19(9-7-17)29-21-4-2-3-15-13-16(5-10-20(15)21)22(28)27-12-11-18(26)14-27/h2-10,13,18H,11-12,14,26H2,1H3. The molecule has 4 nitrogen and oxygen atoms in total. The second kappa shape index (κ2) is 7.44. The van der Waals surface area contributed by atoms with Crippen molar-refractivity contribution in [3.63, 3.8) is 0 Å². The van der Waals surface area contributed by atoms with Crippen LogP contribution < -0.4 is 10.5 Å². The number of fused-ring (bicyclic) bond motifs is 1. The van der Waals surface area contributed by atoms with Gasteiger partial charge in [0.25, 0.3) is 11.8 Å². The SMILES string of the molecule is CC(F)(F)c1ccc(Oc2cccc3cc(C(=O)N4CCC(N)C4)ccc23)cc1. The predicted octanol–water partition coefficient (Wildman–Crippen LogP) is 4.92. The second-order valence-electron chi connectivity index (χ2n) is 7.51. The Bertz CT molecular complexity index is 1040. The minimum atomic E-state index is -2.89. The molecule has 1 aliphatic rings. The fourth-order valence-corrected chi connectivity index (χ4v) is 3.57. The summed E-state index contributed by atoms with van der Waals surface area (Å²) in [5.74, 6) is -1.85. The van der Waals surface area contributed by atoms with Crippen molar-refractivity contribution in [2.24, 2.45) is 5.73 Å². The first kappa shape index (κ1) is 19.3. The number of benzene rings is 3. The molecule has 1 saturated heterocycles. The van der Waals surface area contributed by atoms with Gasteiger partial charge >= 0.3 is 0 Å². The van der Waals surface area contributed by atoms with Gasteiger partial charge in [0.15, 0.2) is 0 Å². The molecule has 4 rings (SSSR count). The van der Waals surface area contributed by atoms with Gasteiger partial charge in [0.05, 0.1) is 0 Å². The Morgan fingerprint density at radius 1 is 1.14 bits per heavy atom. The zero-order chi connectivity index (χ0) is 20.6. The number of nitrogens with zero attached hydrogens (tertiary/aromatic N) is 1. The van der Waals surface area contributed by atoms with Crippen LogP contribution in [0.15, 0.2) is 60.7 Å². The van der Waals surface area contributed by atoms with E-state index >= 15 is 0 Å². The number of ether oxygens (including phenoxy) is 1. The molecule has 6 heteroatoms. The van der Waals surface area contributed by atoms with E-state index in [4.69, 9.17) is 10.5 Å². The number of rotatable bonds is 4. The number of likely N-dealkylation sites (tertiary alicyclic amines) is 1. The van der Waals surface area contributed by atoms with E-state index in [0.717, 1.165) is 24.1 Å². The smallest absolute Gasteiger partial charge is 0.270 e. The Morgan fingerprint density at radius 2 is 1.90 bits per heavy atom. The van der Waals surface area contributed by atoms with E-state index < -0.39 is 5.92 Å². The van der Waals surface area contributed by atoms with Crippen LogP contribution in [0, 0.1) is 0 Å². The van der Waals surface area contributed by atoms with Gasteiger partial charge in [-0.25, -0.2) is 8.78 Å². The molecule has 1 heterocycles. The van der Waals surface area contributed by atoms with Crippen LogP contribution in [0.2, 0.25) is 0 Å². The lowest BCUT2D eigenvalue weighted by Gasteiger charge is -2.16. The first-order valence-corrected chi connectivity index (χ1v) is 9.55. The molecule has 1 aliphatic heterocycles. The van der Waals surface area contributed by atoms with Crippen LogP contribution >= 0.6 is 0 Å². The highest BCUT2D eigenvalue weighted by Gasteiger charge is 2.25. The molecule has 2 N–H and O–H groups in total. The number of hydrogen-bond donors (Lipinski definition) is 1. The second-order valence-corrected chi connectivity index (χ2v) is 7.51. The maximum absolute atomic E-state index is 13.4. The summed E-state index contributed by atoms with van der Waals surface area (Å²) in [6.45, 7) is 2.11. The zero-order valence-corrected chi connectivity index (χ0v) is 16.1. The third kappa shape index (κ3) is 4.07. The molecule has 3 aromatic carbocycles. The quantitative estimate of drug-likeness (QED) is 0.681. The third-order valence-corrected chi connectivity index (χ3v) is 5.19. The van der Waals surface area contributed by atoms with Crippen molar-refractivity contribution in [1.82, 2.24) is 4.90 Å².